The number of aromatic nitrogens is 2. The molecule has 0 radical (unpaired) electrons. The number of halogens is 1. The Hall–Kier alpha value is -1.97. The van der Waals surface area contributed by atoms with E-state index in [1.54, 1.807) is 23.0 Å². The Kier molecular flexibility index (Phi) is 3.04. The fraction of sp³-hybridized carbons (Fsp3) is 0.231. The van der Waals surface area contributed by atoms with Gasteiger partial charge in [0.2, 0.25) is 0 Å². The second-order valence-electron chi connectivity index (χ2n) is 3.90. The molecule has 0 aliphatic carbocycles. The van der Waals surface area contributed by atoms with Crippen LogP contribution in [0.3, 0.4) is 0 Å². The zero-order valence-electron chi connectivity index (χ0n) is 9.77. The summed E-state index contributed by atoms with van der Waals surface area (Å²) in [6, 6.07) is 4.51. The molecule has 0 aliphatic heterocycles. The minimum Gasteiger partial charge on any atom is -0.288 e. The maximum atomic E-state index is 13.5. The third-order valence-corrected chi connectivity index (χ3v) is 2.59. The fourth-order valence-electron chi connectivity index (χ4n) is 1.62. The highest BCUT2D eigenvalue weighted by Gasteiger charge is 2.15. The molecule has 0 N–H and O–H groups in total. The van der Waals surface area contributed by atoms with Gasteiger partial charge in [-0.3, -0.25) is 9.48 Å². The van der Waals surface area contributed by atoms with E-state index in [9.17, 15) is 9.18 Å². The summed E-state index contributed by atoms with van der Waals surface area (Å²) in [4.78, 5) is 12.1. The largest absolute Gasteiger partial charge is 0.288 e. The summed E-state index contributed by atoms with van der Waals surface area (Å²) in [5.41, 5.74) is 1.37. The summed E-state index contributed by atoms with van der Waals surface area (Å²) in [7, 11) is 0. The van der Waals surface area contributed by atoms with Gasteiger partial charge in [0.1, 0.15) is 5.82 Å². The fourth-order valence-corrected chi connectivity index (χ4v) is 1.62. The number of nitrogens with zero attached hydrogens (tertiary/aromatic N) is 2. The standard InChI is InChI=1S/C13H13FN2O/c1-3-16-8-10(7-15-16)13(17)11-6-9(2)4-5-12(11)14/h4-8H,3H2,1-2H3. The summed E-state index contributed by atoms with van der Waals surface area (Å²) in [6.07, 6.45) is 3.09. The van der Waals surface area contributed by atoms with Gasteiger partial charge < -0.3 is 0 Å². The number of benzene rings is 1. The minimum atomic E-state index is -0.496. The highest BCUT2D eigenvalue weighted by Crippen LogP contribution is 2.15. The topological polar surface area (TPSA) is 34.9 Å². The first-order valence-corrected chi connectivity index (χ1v) is 5.45. The minimum absolute atomic E-state index is 0.0978. The molecule has 0 atom stereocenters. The van der Waals surface area contributed by atoms with E-state index in [1.807, 2.05) is 13.8 Å². The van der Waals surface area contributed by atoms with Crippen molar-refractivity contribution in [3.8, 4) is 0 Å². The van der Waals surface area contributed by atoms with Crippen LogP contribution in [0, 0.1) is 12.7 Å². The first-order chi connectivity index (χ1) is 8.11. The Morgan fingerprint density at radius 3 is 2.88 bits per heavy atom. The summed E-state index contributed by atoms with van der Waals surface area (Å²) in [6.45, 7) is 4.43. The van der Waals surface area contributed by atoms with Gasteiger partial charge in [0.05, 0.1) is 17.3 Å². The Labute approximate surface area is 98.9 Å². The maximum absolute atomic E-state index is 13.5. The Bertz CT molecular complexity index is 560. The van der Waals surface area contributed by atoms with E-state index in [2.05, 4.69) is 5.10 Å². The van der Waals surface area contributed by atoms with Gasteiger partial charge in [-0.15, -0.1) is 0 Å². The number of carbonyl (C=O) groups excluding carboxylic acids is 1. The Morgan fingerprint density at radius 1 is 1.47 bits per heavy atom. The van der Waals surface area contributed by atoms with E-state index in [-0.39, 0.29) is 11.3 Å². The second kappa shape index (κ2) is 4.49. The SMILES string of the molecule is CCn1cc(C(=O)c2cc(C)ccc2F)cn1. The van der Waals surface area contributed by atoms with Crippen molar-refractivity contribution < 1.29 is 9.18 Å². The average molecular weight is 232 g/mol. The average Bonchev–Trinajstić information content (AvgIpc) is 2.80. The van der Waals surface area contributed by atoms with Crippen molar-refractivity contribution in [3.63, 3.8) is 0 Å². The molecule has 0 saturated heterocycles. The zero-order chi connectivity index (χ0) is 12.4. The van der Waals surface area contributed by atoms with Crippen molar-refractivity contribution in [2.75, 3.05) is 0 Å². The lowest BCUT2D eigenvalue weighted by Crippen LogP contribution is -2.04. The number of aryl methyl sites for hydroxylation is 2. The lowest BCUT2D eigenvalue weighted by atomic mass is 10.0. The van der Waals surface area contributed by atoms with Crippen molar-refractivity contribution >= 4 is 5.78 Å². The summed E-state index contributed by atoms with van der Waals surface area (Å²) in [5.74, 6) is -0.823. The molecule has 1 aromatic carbocycles. The number of carbonyl (C=O) groups is 1. The van der Waals surface area contributed by atoms with Crippen LogP contribution in [0.2, 0.25) is 0 Å². The molecule has 3 nitrogen and oxygen atoms in total. The normalized spacial score (nSPS) is 10.5. The molecule has 2 rings (SSSR count). The van der Waals surface area contributed by atoms with E-state index >= 15 is 0 Å². The van der Waals surface area contributed by atoms with Crippen LogP contribution in [0.15, 0.2) is 30.6 Å². The van der Waals surface area contributed by atoms with Crippen molar-refractivity contribution in [2.24, 2.45) is 0 Å². The molecule has 88 valence electrons. The molecule has 1 aromatic heterocycles. The lowest BCUT2D eigenvalue weighted by molar-refractivity contribution is 0.103. The van der Waals surface area contributed by atoms with E-state index < -0.39 is 5.82 Å². The monoisotopic (exact) mass is 232 g/mol. The van der Waals surface area contributed by atoms with Gasteiger partial charge in [-0.05, 0) is 26.0 Å². The third kappa shape index (κ3) is 2.25. The molecule has 17 heavy (non-hydrogen) atoms. The van der Waals surface area contributed by atoms with Gasteiger partial charge in [-0.25, -0.2) is 4.39 Å². The maximum Gasteiger partial charge on any atom is 0.199 e. The molecule has 0 bridgehead atoms. The molecule has 0 spiro atoms. The van der Waals surface area contributed by atoms with Gasteiger partial charge in [0, 0.05) is 12.7 Å². The summed E-state index contributed by atoms with van der Waals surface area (Å²) < 4.78 is 15.2. The highest BCUT2D eigenvalue weighted by atomic mass is 19.1. The first kappa shape index (κ1) is 11.5. The van der Waals surface area contributed by atoms with Crippen LogP contribution < -0.4 is 0 Å². The predicted octanol–water partition coefficient (Wildman–Crippen LogP) is 2.58. The zero-order valence-corrected chi connectivity index (χ0v) is 9.77. The van der Waals surface area contributed by atoms with Crippen molar-refractivity contribution in [1.29, 1.82) is 0 Å². The number of hydrogen-bond acceptors (Lipinski definition) is 2. The molecule has 0 aliphatic rings. The van der Waals surface area contributed by atoms with Crippen molar-refractivity contribution in [2.45, 2.75) is 20.4 Å². The first-order valence-electron chi connectivity index (χ1n) is 5.45. The summed E-state index contributed by atoms with van der Waals surface area (Å²) >= 11 is 0. The van der Waals surface area contributed by atoms with Crippen LogP contribution >= 0.6 is 0 Å². The number of hydrogen-bond donors (Lipinski definition) is 0. The van der Waals surface area contributed by atoms with Gasteiger partial charge in [0.25, 0.3) is 0 Å². The quantitative estimate of drug-likeness (QED) is 0.762. The van der Waals surface area contributed by atoms with E-state index in [1.165, 1.54) is 12.3 Å². The highest BCUT2D eigenvalue weighted by molar-refractivity contribution is 6.08. The molecular weight excluding hydrogens is 219 g/mol. The van der Waals surface area contributed by atoms with Gasteiger partial charge in [-0.1, -0.05) is 11.6 Å². The van der Waals surface area contributed by atoms with Gasteiger partial charge in [-0.2, -0.15) is 5.10 Å². The molecule has 4 heteroatoms. The molecule has 0 saturated carbocycles. The third-order valence-electron chi connectivity index (χ3n) is 2.59. The van der Waals surface area contributed by atoms with Gasteiger partial charge >= 0.3 is 0 Å². The van der Waals surface area contributed by atoms with Crippen LogP contribution in [-0.2, 0) is 6.54 Å². The number of rotatable bonds is 3. The Balaban J connectivity index is 2.39. The lowest BCUT2D eigenvalue weighted by Gasteiger charge is -2.01. The van der Waals surface area contributed by atoms with E-state index in [0.717, 1.165) is 5.56 Å². The van der Waals surface area contributed by atoms with Crippen LogP contribution in [-0.4, -0.2) is 15.6 Å². The predicted molar refractivity (Wildman–Crippen MR) is 62.5 cm³/mol. The van der Waals surface area contributed by atoms with Crippen molar-refractivity contribution in [1.82, 2.24) is 9.78 Å². The van der Waals surface area contributed by atoms with Crippen LogP contribution in [0.1, 0.15) is 28.4 Å². The molecule has 1 heterocycles. The van der Waals surface area contributed by atoms with E-state index in [0.29, 0.717) is 12.1 Å². The molecule has 0 amide bonds. The second-order valence-corrected chi connectivity index (χ2v) is 3.90. The van der Waals surface area contributed by atoms with Crippen LogP contribution in [0.25, 0.3) is 0 Å². The molecular formula is C13H13FN2O. The Morgan fingerprint density at radius 2 is 2.24 bits per heavy atom. The van der Waals surface area contributed by atoms with Crippen molar-refractivity contribution in [3.05, 3.63) is 53.1 Å². The molecule has 0 fully saturated rings. The van der Waals surface area contributed by atoms with Crippen LogP contribution in [0.5, 0.6) is 0 Å². The summed E-state index contributed by atoms with van der Waals surface area (Å²) in [5, 5.41) is 4.01. The molecule has 0 unspecified atom stereocenters. The van der Waals surface area contributed by atoms with Crippen LogP contribution in [0.4, 0.5) is 4.39 Å². The smallest absolute Gasteiger partial charge is 0.199 e. The number of ketones is 1. The van der Waals surface area contributed by atoms with E-state index in [4.69, 9.17) is 0 Å². The van der Waals surface area contributed by atoms with Gasteiger partial charge in [0.15, 0.2) is 5.78 Å². The molecule has 2 aromatic rings.